The molecule has 1 N–H and O–H groups in total. The number of fused-ring (bicyclic) bond motifs is 1. The van der Waals surface area contributed by atoms with Gasteiger partial charge in [0.25, 0.3) is 0 Å². The number of benzene rings is 1. The van der Waals surface area contributed by atoms with Crippen molar-refractivity contribution in [3.63, 3.8) is 0 Å². The molecule has 1 aromatic carbocycles. The van der Waals surface area contributed by atoms with Gasteiger partial charge in [-0.3, -0.25) is 0 Å². The minimum absolute atomic E-state index is 0.00119. The number of aromatic nitrogens is 2. The van der Waals surface area contributed by atoms with Crippen molar-refractivity contribution in [2.45, 2.75) is 26.3 Å². The van der Waals surface area contributed by atoms with E-state index in [1.54, 1.807) is 6.20 Å². The van der Waals surface area contributed by atoms with Gasteiger partial charge in [0, 0.05) is 16.3 Å². The van der Waals surface area contributed by atoms with E-state index in [9.17, 15) is 0 Å². The second-order valence-electron chi connectivity index (χ2n) is 4.66. The smallest absolute Gasteiger partial charge is 0.156 e. The average Bonchev–Trinajstić information content (AvgIpc) is 2.16. The molecule has 0 saturated heterocycles. The highest BCUT2D eigenvalue weighted by Gasteiger charge is 2.12. The van der Waals surface area contributed by atoms with Crippen molar-refractivity contribution in [1.29, 1.82) is 0 Å². The molecular formula is C12H15N3. The first-order valence-electron chi connectivity index (χ1n) is 5.05. The Kier molecular flexibility index (Phi) is 2.31. The molecule has 15 heavy (non-hydrogen) atoms. The van der Waals surface area contributed by atoms with Crippen LogP contribution >= 0.6 is 0 Å². The summed E-state index contributed by atoms with van der Waals surface area (Å²) in [4.78, 5) is 0. The third-order valence-corrected chi connectivity index (χ3v) is 2.06. The van der Waals surface area contributed by atoms with Crippen molar-refractivity contribution in [2.75, 3.05) is 5.32 Å². The van der Waals surface area contributed by atoms with Gasteiger partial charge in [-0.2, -0.15) is 5.10 Å². The monoisotopic (exact) mass is 201 g/mol. The van der Waals surface area contributed by atoms with Crippen LogP contribution in [-0.2, 0) is 0 Å². The number of hydrogen-bond acceptors (Lipinski definition) is 3. The second-order valence-corrected chi connectivity index (χ2v) is 4.66. The Bertz CT molecular complexity index is 466. The van der Waals surface area contributed by atoms with Crippen LogP contribution < -0.4 is 5.32 Å². The molecule has 0 amide bonds. The molecule has 2 aromatic rings. The van der Waals surface area contributed by atoms with Gasteiger partial charge in [0.2, 0.25) is 0 Å². The molecule has 3 nitrogen and oxygen atoms in total. The van der Waals surface area contributed by atoms with Crippen molar-refractivity contribution in [1.82, 2.24) is 10.2 Å². The average molecular weight is 201 g/mol. The Morgan fingerprint density at radius 2 is 1.87 bits per heavy atom. The molecule has 1 aromatic heterocycles. The highest BCUT2D eigenvalue weighted by molar-refractivity contribution is 5.91. The molecule has 0 aliphatic heterocycles. The molecule has 0 aliphatic carbocycles. The predicted molar refractivity (Wildman–Crippen MR) is 62.9 cm³/mol. The van der Waals surface area contributed by atoms with Crippen LogP contribution in [0.3, 0.4) is 0 Å². The lowest BCUT2D eigenvalue weighted by atomic mass is 10.1. The summed E-state index contributed by atoms with van der Waals surface area (Å²) in [6.07, 6.45) is 1.78. The van der Waals surface area contributed by atoms with Gasteiger partial charge in [-0.05, 0) is 20.8 Å². The summed E-state index contributed by atoms with van der Waals surface area (Å²) >= 11 is 0. The fraction of sp³-hybridized carbons (Fsp3) is 0.333. The minimum atomic E-state index is -0.00119. The Hall–Kier alpha value is -1.64. The molecule has 0 saturated carbocycles. The molecule has 0 radical (unpaired) electrons. The molecule has 0 spiro atoms. The maximum Gasteiger partial charge on any atom is 0.156 e. The predicted octanol–water partition coefficient (Wildman–Crippen LogP) is 2.84. The minimum Gasteiger partial charge on any atom is -0.363 e. The van der Waals surface area contributed by atoms with E-state index in [0.717, 1.165) is 16.6 Å². The summed E-state index contributed by atoms with van der Waals surface area (Å²) in [6.45, 7) is 6.32. The summed E-state index contributed by atoms with van der Waals surface area (Å²) in [5.74, 6) is 0.848. The van der Waals surface area contributed by atoms with Crippen molar-refractivity contribution < 1.29 is 0 Å². The lowest BCUT2D eigenvalue weighted by molar-refractivity contribution is 0.629. The van der Waals surface area contributed by atoms with Crippen LogP contribution in [0.1, 0.15) is 20.8 Å². The third-order valence-electron chi connectivity index (χ3n) is 2.06. The molecule has 0 atom stereocenters. The van der Waals surface area contributed by atoms with E-state index >= 15 is 0 Å². The van der Waals surface area contributed by atoms with Gasteiger partial charge in [-0.1, -0.05) is 24.3 Å². The molecule has 0 fully saturated rings. The normalized spacial score (nSPS) is 11.7. The fourth-order valence-electron chi connectivity index (χ4n) is 1.48. The zero-order chi connectivity index (χ0) is 10.9. The molecular weight excluding hydrogens is 186 g/mol. The van der Waals surface area contributed by atoms with Gasteiger partial charge >= 0.3 is 0 Å². The summed E-state index contributed by atoms with van der Waals surface area (Å²) in [5, 5.41) is 13.7. The van der Waals surface area contributed by atoms with E-state index in [-0.39, 0.29) is 5.54 Å². The summed E-state index contributed by atoms with van der Waals surface area (Å²) in [6, 6.07) is 8.11. The van der Waals surface area contributed by atoms with Crippen molar-refractivity contribution >= 4 is 16.6 Å². The molecule has 1 heterocycles. The first-order valence-corrected chi connectivity index (χ1v) is 5.05. The largest absolute Gasteiger partial charge is 0.363 e. The Labute approximate surface area is 89.5 Å². The SMILES string of the molecule is CC(C)(C)Nc1nncc2ccccc12. The van der Waals surface area contributed by atoms with Crippen LogP contribution in [0.15, 0.2) is 30.5 Å². The van der Waals surface area contributed by atoms with Gasteiger partial charge in [-0.15, -0.1) is 5.10 Å². The van der Waals surface area contributed by atoms with Gasteiger partial charge in [0.1, 0.15) is 0 Å². The van der Waals surface area contributed by atoms with Crippen LogP contribution in [0.5, 0.6) is 0 Å². The first kappa shape index (κ1) is 9.90. The van der Waals surface area contributed by atoms with Gasteiger partial charge < -0.3 is 5.32 Å². The van der Waals surface area contributed by atoms with E-state index in [4.69, 9.17) is 0 Å². The first-order chi connectivity index (χ1) is 7.06. The Morgan fingerprint density at radius 1 is 1.13 bits per heavy atom. The molecule has 0 unspecified atom stereocenters. The van der Waals surface area contributed by atoms with E-state index in [2.05, 4.69) is 42.4 Å². The van der Waals surface area contributed by atoms with Gasteiger partial charge in [0.15, 0.2) is 5.82 Å². The molecule has 0 aliphatic rings. The van der Waals surface area contributed by atoms with Crippen LogP contribution in [0, 0.1) is 0 Å². The van der Waals surface area contributed by atoms with E-state index in [0.29, 0.717) is 0 Å². The lowest BCUT2D eigenvalue weighted by Gasteiger charge is -2.21. The number of hydrogen-bond donors (Lipinski definition) is 1. The van der Waals surface area contributed by atoms with Crippen LogP contribution in [-0.4, -0.2) is 15.7 Å². The summed E-state index contributed by atoms with van der Waals surface area (Å²) in [7, 11) is 0. The van der Waals surface area contributed by atoms with Gasteiger partial charge in [-0.25, -0.2) is 0 Å². The Balaban J connectivity index is 2.52. The maximum absolute atomic E-state index is 4.13. The van der Waals surface area contributed by atoms with Crippen molar-refractivity contribution in [2.24, 2.45) is 0 Å². The van der Waals surface area contributed by atoms with Gasteiger partial charge in [0.05, 0.1) is 6.20 Å². The second kappa shape index (κ2) is 3.50. The Morgan fingerprint density at radius 3 is 2.60 bits per heavy atom. The number of anilines is 1. The summed E-state index contributed by atoms with van der Waals surface area (Å²) < 4.78 is 0. The topological polar surface area (TPSA) is 37.8 Å². The zero-order valence-corrected chi connectivity index (χ0v) is 9.28. The van der Waals surface area contributed by atoms with Crippen molar-refractivity contribution in [3.8, 4) is 0 Å². The lowest BCUT2D eigenvalue weighted by Crippen LogP contribution is -2.26. The van der Waals surface area contributed by atoms with E-state index in [1.807, 2.05) is 18.2 Å². The van der Waals surface area contributed by atoms with E-state index < -0.39 is 0 Å². The third kappa shape index (κ3) is 2.24. The maximum atomic E-state index is 4.13. The molecule has 2 rings (SSSR count). The van der Waals surface area contributed by atoms with Crippen LogP contribution in [0.2, 0.25) is 0 Å². The highest BCUT2D eigenvalue weighted by Crippen LogP contribution is 2.21. The summed E-state index contributed by atoms with van der Waals surface area (Å²) in [5.41, 5.74) is -0.00119. The highest BCUT2D eigenvalue weighted by atomic mass is 15.2. The fourth-order valence-corrected chi connectivity index (χ4v) is 1.48. The van der Waals surface area contributed by atoms with Crippen LogP contribution in [0.4, 0.5) is 5.82 Å². The van der Waals surface area contributed by atoms with E-state index in [1.165, 1.54) is 0 Å². The number of nitrogens with zero attached hydrogens (tertiary/aromatic N) is 2. The number of rotatable bonds is 1. The zero-order valence-electron chi connectivity index (χ0n) is 9.28. The molecule has 3 heteroatoms. The molecule has 78 valence electrons. The van der Waals surface area contributed by atoms with Crippen LogP contribution in [0.25, 0.3) is 10.8 Å². The molecule has 0 bridgehead atoms. The standard InChI is InChI=1S/C12H15N3/c1-12(2,3)14-11-10-7-5-4-6-9(10)8-13-15-11/h4-8H,1-3H3,(H,14,15). The number of nitrogens with one attached hydrogen (secondary N) is 1. The van der Waals surface area contributed by atoms with Crippen molar-refractivity contribution in [3.05, 3.63) is 30.5 Å². The quantitative estimate of drug-likeness (QED) is 0.771.